The monoisotopic (exact) mass is 402 g/mol. The number of halogens is 2. The first-order valence-corrected chi connectivity index (χ1v) is 10.3. The second-order valence-corrected chi connectivity index (χ2v) is 9.39. The van der Waals surface area contributed by atoms with E-state index in [0.29, 0.717) is 19.3 Å². The van der Waals surface area contributed by atoms with Gasteiger partial charge in [0.05, 0.1) is 0 Å². The van der Waals surface area contributed by atoms with Gasteiger partial charge in [-0.05, 0) is 50.2 Å². The lowest BCUT2D eigenvalue weighted by Gasteiger charge is -2.58. The van der Waals surface area contributed by atoms with Crippen LogP contribution in [0.4, 0.5) is 8.78 Å². The Bertz CT molecular complexity index is 825. The first-order valence-electron chi connectivity index (χ1n) is 8.90. The lowest BCUT2D eigenvalue weighted by atomic mass is 9.53. The number of benzene rings is 1. The van der Waals surface area contributed by atoms with Crippen LogP contribution in [0.15, 0.2) is 30.3 Å². The van der Waals surface area contributed by atoms with Crippen molar-refractivity contribution >= 4 is 16.1 Å². The predicted octanol–water partition coefficient (Wildman–Crippen LogP) is 3.04. The van der Waals surface area contributed by atoms with Crippen molar-refractivity contribution in [3.8, 4) is 5.75 Å². The van der Waals surface area contributed by atoms with Crippen molar-refractivity contribution in [2.75, 3.05) is 0 Å². The number of esters is 1. The van der Waals surface area contributed by atoms with Crippen molar-refractivity contribution in [2.24, 2.45) is 17.8 Å². The van der Waals surface area contributed by atoms with Crippen LogP contribution < -0.4 is 4.74 Å². The zero-order valence-corrected chi connectivity index (χ0v) is 15.2. The summed E-state index contributed by atoms with van der Waals surface area (Å²) in [7, 11) is -5.87. The summed E-state index contributed by atoms with van der Waals surface area (Å²) >= 11 is 0. The lowest BCUT2D eigenvalue weighted by molar-refractivity contribution is -0.214. The molecule has 2 unspecified atom stereocenters. The summed E-state index contributed by atoms with van der Waals surface area (Å²) in [6, 6.07) is 9.33. The molecule has 0 heterocycles. The van der Waals surface area contributed by atoms with Gasteiger partial charge in [-0.25, -0.2) is 4.79 Å². The number of para-hydroxylation sites is 1. The number of carbonyl (C=O) groups excluding carboxylic acids is 1. The highest BCUT2D eigenvalue weighted by molar-refractivity contribution is 7.87. The van der Waals surface area contributed by atoms with Crippen molar-refractivity contribution in [3.05, 3.63) is 30.3 Å². The minimum atomic E-state index is -5.87. The smallest absolute Gasteiger partial charge is 0.465 e. The molecule has 0 radical (unpaired) electrons. The van der Waals surface area contributed by atoms with Crippen molar-refractivity contribution in [1.29, 1.82) is 0 Å². The standard InChI is InChI=1S/C18H20F2O6S/c19-18(20,27(22,23)24)16(21)26-17-8-11-6-12(9-17)15(13(7-11)10-17)25-14-4-2-1-3-5-14/h1-5,11-13,15H,6-10H2,(H,22,23,24). The fraction of sp³-hybridized carbons (Fsp3) is 0.611. The lowest BCUT2D eigenvalue weighted by Crippen LogP contribution is -2.61. The molecule has 4 fully saturated rings. The van der Waals surface area contributed by atoms with Gasteiger partial charge in [-0.2, -0.15) is 17.2 Å². The maximum Gasteiger partial charge on any atom is 0.465 e. The van der Waals surface area contributed by atoms with Crippen LogP contribution in [0.2, 0.25) is 0 Å². The van der Waals surface area contributed by atoms with Gasteiger partial charge in [-0.1, -0.05) is 18.2 Å². The molecular formula is C18H20F2O6S. The molecule has 0 spiro atoms. The van der Waals surface area contributed by atoms with Crippen LogP contribution in [-0.4, -0.2) is 35.9 Å². The second kappa shape index (κ2) is 6.13. The highest BCUT2D eigenvalue weighted by Gasteiger charge is 2.62. The normalized spacial score (nSPS) is 35.1. The van der Waals surface area contributed by atoms with Crippen LogP contribution in [0.5, 0.6) is 5.75 Å². The minimum Gasteiger partial charge on any atom is -0.490 e. The molecule has 4 aliphatic carbocycles. The van der Waals surface area contributed by atoms with E-state index >= 15 is 0 Å². The quantitative estimate of drug-likeness (QED) is 0.602. The molecule has 2 atom stereocenters. The fourth-order valence-electron chi connectivity index (χ4n) is 5.24. The van der Waals surface area contributed by atoms with Gasteiger partial charge < -0.3 is 9.47 Å². The first kappa shape index (κ1) is 18.6. The number of rotatable bonds is 5. The van der Waals surface area contributed by atoms with Crippen LogP contribution in [0.1, 0.15) is 32.1 Å². The Morgan fingerprint density at radius 3 is 2.26 bits per heavy atom. The molecule has 4 saturated carbocycles. The average molecular weight is 402 g/mol. The van der Waals surface area contributed by atoms with E-state index in [1.54, 1.807) is 0 Å². The molecular weight excluding hydrogens is 382 g/mol. The number of ether oxygens (including phenoxy) is 2. The van der Waals surface area contributed by atoms with Gasteiger partial charge in [-0.15, -0.1) is 0 Å². The van der Waals surface area contributed by atoms with Crippen molar-refractivity contribution in [1.82, 2.24) is 0 Å². The number of carbonyl (C=O) groups is 1. The van der Waals surface area contributed by atoms with Crippen molar-refractivity contribution in [2.45, 2.75) is 49.1 Å². The molecule has 6 nitrogen and oxygen atoms in total. The van der Waals surface area contributed by atoms with Crippen LogP contribution in [0.3, 0.4) is 0 Å². The number of hydrogen-bond donors (Lipinski definition) is 1. The molecule has 0 saturated heterocycles. The van der Waals surface area contributed by atoms with Crippen LogP contribution >= 0.6 is 0 Å². The van der Waals surface area contributed by atoms with E-state index in [-0.39, 0.29) is 23.9 Å². The molecule has 148 valence electrons. The maximum absolute atomic E-state index is 13.6. The Balaban J connectivity index is 1.52. The van der Waals surface area contributed by atoms with Gasteiger partial charge in [0, 0.05) is 11.8 Å². The van der Waals surface area contributed by atoms with Gasteiger partial charge in [-0.3, -0.25) is 4.55 Å². The summed E-state index contributed by atoms with van der Waals surface area (Å²) < 4.78 is 68.7. The predicted molar refractivity (Wildman–Crippen MR) is 89.7 cm³/mol. The summed E-state index contributed by atoms with van der Waals surface area (Å²) in [5.41, 5.74) is -1.11. The topological polar surface area (TPSA) is 89.9 Å². The Morgan fingerprint density at radius 2 is 1.70 bits per heavy atom. The first-order chi connectivity index (χ1) is 12.6. The van der Waals surface area contributed by atoms with Gasteiger partial charge in [0.1, 0.15) is 17.5 Å². The Morgan fingerprint density at radius 1 is 1.11 bits per heavy atom. The Labute approximate surface area is 155 Å². The Hall–Kier alpha value is -1.74. The average Bonchev–Trinajstić information content (AvgIpc) is 2.57. The molecule has 0 aliphatic heterocycles. The summed E-state index contributed by atoms with van der Waals surface area (Å²) in [5, 5.41) is -4.96. The van der Waals surface area contributed by atoms with Gasteiger partial charge >= 0.3 is 21.3 Å². The molecule has 1 aromatic rings. The summed E-state index contributed by atoms with van der Waals surface area (Å²) in [6.07, 6.45) is 2.78. The number of hydrogen-bond acceptors (Lipinski definition) is 5. The molecule has 1 N–H and O–H groups in total. The zero-order valence-electron chi connectivity index (χ0n) is 14.4. The molecule has 5 rings (SSSR count). The molecule has 0 amide bonds. The molecule has 0 aromatic heterocycles. The third-order valence-electron chi connectivity index (χ3n) is 6.02. The van der Waals surface area contributed by atoms with Gasteiger partial charge in [0.25, 0.3) is 0 Å². The van der Waals surface area contributed by atoms with E-state index in [0.717, 1.165) is 18.6 Å². The molecule has 1 aromatic carbocycles. The molecule has 9 heteroatoms. The number of alkyl halides is 2. The third kappa shape index (κ3) is 3.20. The van der Waals surface area contributed by atoms with Crippen LogP contribution in [0.25, 0.3) is 0 Å². The van der Waals surface area contributed by atoms with E-state index in [2.05, 4.69) is 0 Å². The van der Waals surface area contributed by atoms with Crippen molar-refractivity contribution in [3.63, 3.8) is 0 Å². The molecule has 4 bridgehead atoms. The van der Waals surface area contributed by atoms with E-state index in [1.807, 2.05) is 30.3 Å². The highest BCUT2D eigenvalue weighted by atomic mass is 32.2. The van der Waals surface area contributed by atoms with Gasteiger partial charge in [0.15, 0.2) is 0 Å². The van der Waals surface area contributed by atoms with Crippen molar-refractivity contribution < 1.29 is 36.0 Å². The van der Waals surface area contributed by atoms with Gasteiger partial charge in [0.2, 0.25) is 0 Å². The van der Waals surface area contributed by atoms with E-state index in [4.69, 9.17) is 14.0 Å². The molecule has 4 aliphatic rings. The zero-order chi connectivity index (χ0) is 19.4. The SMILES string of the molecule is O=C(OC12CC3CC(C1)C(Oc1ccccc1)C(C3)C2)C(F)(F)S(=O)(=O)O. The van der Waals surface area contributed by atoms with Crippen LogP contribution in [0, 0.1) is 17.8 Å². The minimum absolute atomic E-state index is 0.0450. The third-order valence-corrected chi connectivity index (χ3v) is 6.83. The van der Waals surface area contributed by atoms with E-state index < -0.39 is 26.9 Å². The summed E-state index contributed by atoms with van der Waals surface area (Å²) in [4.78, 5) is 11.8. The second-order valence-electron chi connectivity index (χ2n) is 7.93. The largest absolute Gasteiger partial charge is 0.490 e. The van der Waals surface area contributed by atoms with E-state index in [9.17, 15) is 22.0 Å². The maximum atomic E-state index is 13.6. The fourth-order valence-corrected chi connectivity index (χ4v) is 5.49. The van der Waals surface area contributed by atoms with E-state index in [1.165, 1.54) is 0 Å². The Kier molecular flexibility index (Phi) is 4.23. The highest BCUT2D eigenvalue weighted by Crippen LogP contribution is 2.58. The van der Waals surface area contributed by atoms with Crippen LogP contribution in [-0.2, 0) is 19.6 Å². The summed E-state index contributed by atoms with van der Waals surface area (Å²) in [6.45, 7) is 0. The molecule has 27 heavy (non-hydrogen) atoms. The summed E-state index contributed by atoms with van der Waals surface area (Å²) in [5.74, 6) is -1.15.